The van der Waals surface area contributed by atoms with E-state index >= 15 is 0 Å². The SMILES string of the molecule is CCC(=O)NCc1ccc(Cl)cc1Cl.CCCCCc1ccc(Cl)cc1Cl. The van der Waals surface area contributed by atoms with E-state index in [1.807, 2.05) is 18.2 Å². The van der Waals surface area contributed by atoms with Gasteiger partial charge in [0.25, 0.3) is 0 Å². The molecule has 0 saturated carbocycles. The molecular weight excluding hydrogens is 424 g/mol. The van der Waals surface area contributed by atoms with E-state index in [1.54, 1.807) is 25.1 Å². The third-order valence-corrected chi connectivity index (χ3v) is 5.05. The molecule has 148 valence electrons. The second-order valence-corrected chi connectivity index (χ2v) is 7.75. The van der Waals surface area contributed by atoms with Gasteiger partial charge in [0, 0.05) is 33.1 Å². The number of aryl methyl sites for hydroxylation is 1. The number of rotatable bonds is 7. The topological polar surface area (TPSA) is 29.1 Å². The van der Waals surface area contributed by atoms with Crippen LogP contribution in [0.15, 0.2) is 36.4 Å². The van der Waals surface area contributed by atoms with Crippen LogP contribution < -0.4 is 5.32 Å². The van der Waals surface area contributed by atoms with Crippen LogP contribution in [0.3, 0.4) is 0 Å². The minimum absolute atomic E-state index is 0.0102. The van der Waals surface area contributed by atoms with Crippen LogP contribution in [0.4, 0.5) is 0 Å². The Morgan fingerprint density at radius 1 is 0.852 bits per heavy atom. The van der Waals surface area contributed by atoms with Crippen LogP contribution in [0, 0.1) is 0 Å². The lowest BCUT2D eigenvalue weighted by Crippen LogP contribution is -2.21. The second kappa shape index (κ2) is 13.3. The van der Waals surface area contributed by atoms with Gasteiger partial charge >= 0.3 is 0 Å². The van der Waals surface area contributed by atoms with Crippen molar-refractivity contribution < 1.29 is 4.79 Å². The first-order valence-electron chi connectivity index (χ1n) is 9.01. The maximum atomic E-state index is 11.0. The van der Waals surface area contributed by atoms with Crippen molar-refractivity contribution in [3.05, 3.63) is 67.6 Å². The molecule has 2 aromatic rings. The number of hydrogen-bond donors (Lipinski definition) is 1. The third-order valence-electron chi connectivity index (χ3n) is 3.88. The summed E-state index contributed by atoms with van der Waals surface area (Å²) in [5, 5.41) is 5.43. The summed E-state index contributed by atoms with van der Waals surface area (Å²) in [6, 6.07) is 10.9. The molecule has 0 atom stereocenters. The number of benzene rings is 2. The molecule has 0 saturated heterocycles. The summed E-state index contributed by atoms with van der Waals surface area (Å²) in [6.07, 6.45) is 5.25. The predicted molar refractivity (Wildman–Crippen MR) is 118 cm³/mol. The van der Waals surface area contributed by atoms with Gasteiger partial charge in [0.1, 0.15) is 0 Å². The van der Waals surface area contributed by atoms with Crippen molar-refractivity contribution >= 4 is 52.3 Å². The van der Waals surface area contributed by atoms with E-state index in [0.29, 0.717) is 28.0 Å². The second-order valence-electron chi connectivity index (χ2n) is 6.06. The fourth-order valence-corrected chi connectivity index (χ4v) is 3.25. The standard InChI is InChI=1S/C11H14Cl2.C10H11Cl2NO/c1-2-3-4-5-9-6-7-10(12)8-11(9)13;1-2-10(14)13-6-7-3-4-8(11)5-9(7)12/h6-8H,2-5H2,1H3;3-5H,2,6H2,1H3,(H,13,14). The molecule has 0 aliphatic carbocycles. The van der Waals surface area contributed by atoms with Gasteiger partial charge in [-0.1, -0.05) is 85.2 Å². The van der Waals surface area contributed by atoms with Crippen molar-refractivity contribution in [2.75, 3.05) is 0 Å². The Bertz CT molecular complexity index is 734. The molecule has 0 aromatic heterocycles. The lowest BCUT2D eigenvalue weighted by molar-refractivity contribution is -0.120. The summed E-state index contributed by atoms with van der Waals surface area (Å²) < 4.78 is 0. The highest BCUT2D eigenvalue weighted by Crippen LogP contribution is 2.22. The van der Waals surface area contributed by atoms with E-state index in [1.165, 1.54) is 24.8 Å². The molecule has 2 nitrogen and oxygen atoms in total. The zero-order chi connectivity index (χ0) is 20.2. The normalized spacial score (nSPS) is 10.1. The van der Waals surface area contributed by atoms with Crippen molar-refractivity contribution in [3.8, 4) is 0 Å². The third kappa shape index (κ3) is 9.71. The molecule has 0 spiro atoms. The minimum atomic E-state index is 0.0102. The highest BCUT2D eigenvalue weighted by Gasteiger charge is 2.02. The molecular formula is C21H25Cl4NO. The van der Waals surface area contributed by atoms with Crippen molar-refractivity contribution in [2.45, 2.75) is 52.5 Å². The largest absolute Gasteiger partial charge is 0.352 e. The summed E-state index contributed by atoms with van der Waals surface area (Å²) >= 11 is 23.5. The molecule has 0 fully saturated rings. The van der Waals surface area contributed by atoms with Crippen LogP contribution in [0.25, 0.3) is 0 Å². The van der Waals surface area contributed by atoms with Crippen LogP contribution in [-0.4, -0.2) is 5.91 Å². The number of unbranched alkanes of at least 4 members (excludes halogenated alkanes) is 2. The van der Waals surface area contributed by atoms with Gasteiger partial charge in [0.2, 0.25) is 5.91 Å². The first-order valence-corrected chi connectivity index (χ1v) is 10.5. The summed E-state index contributed by atoms with van der Waals surface area (Å²) in [5.74, 6) is 0.0102. The number of carbonyl (C=O) groups excluding carboxylic acids is 1. The van der Waals surface area contributed by atoms with Gasteiger partial charge in [-0.05, 0) is 48.2 Å². The van der Waals surface area contributed by atoms with E-state index < -0.39 is 0 Å². The van der Waals surface area contributed by atoms with Gasteiger partial charge in [-0.15, -0.1) is 0 Å². The van der Waals surface area contributed by atoms with Crippen molar-refractivity contribution in [3.63, 3.8) is 0 Å². The Morgan fingerprint density at radius 2 is 1.41 bits per heavy atom. The zero-order valence-corrected chi connectivity index (χ0v) is 18.7. The molecule has 0 unspecified atom stereocenters. The maximum absolute atomic E-state index is 11.0. The molecule has 0 heterocycles. The highest BCUT2D eigenvalue weighted by molar-refractivity contribution is 6.35. The van der Waals surface area contributed by atoms with Crippen molar-refractivity contribution in [1.29, 1.82) is 0 Å². The first kappa shape index (κ1) is 24.1. The van der Waals surface area contributed by atoms with Crippen LogP contribution in [0.5, 0.6) is 0 Å². The molecule has 27 heavy (non-hydrogen) atoms. The molecule has 2 aromatic carbocycles. The molecule has 6 heteroatoms. The number of amides is 1. The van der Waals surface area contributed by atoms with Crippen molar-refractivity contribution in [1.82, 2.24) is 5.32 Å². The van der Waals surface area contributed by atoms with Gasteiger partial charge in [-0.3, -0.25) is 4.79 Å². The Balaban J connectivity index is 0.000000271. The molecule has 0 aliphatic rings. The van der Waals surface area contributed by atoms with Crippen LogP contribution in [0.2, 0.25) is 20.1 Å². The van der Waals surface area contributed by atoms with E-state index in [0.717, 1.165) is 17.0 Å². The zero-order valence-electron chi connectivity index (χ0n) is 15.6. The van der Waals surface area contributed by atoms with Gasteiger partial charge in [-0.25, -0.2) is 0 Å². The maximum Gasteiger partial charge on any atom is 0.219 e. The number of nitrogens with one attached hydrogen (secondary N) is 1. The van der Waals surface area contributed by atoms with Gasteiger partial charge in [-0.2, -0.15) is 0 Å². The molecule has 0 aliphatic heterocycles. The minimum Gasteiger partial charge on any atom is -0.352 e. The quantitative estimate of drug-likeness (QED) is 0.431. The monoisotopic (exact) mass is 447 g/mol. The van der Waals surface area contributed by atoms with Gasteiger partial charge < -0.3 is 5.32 Å². The predicted octanol–water partition coefficient (Wildman–Crippen LogP) is 7.75. The van der Waals surface area contributed by atoms with Crippen LogP contribution in [-0.2, 0) is 17.8 Å². The van der Waals surface area contributed by atoms with E-state index in [9.17, 15) is 4.79 Å². The Hall–Kier alpha value is -0.930. The van der Waals surface area contributed by atoms with Gasteiger partial charge in [0.15, 0.2) is 0 Å². The van der Waals surface area contributed by atoms with E-state index in [4.69, 9.17) is 46.4 Å². The fourth-order valence-electron chi connectivity index (χ4n) is 2.27. The molecule has 1 N–H and O–H groups in total. The average Bonchev–Trinajstić information content (AvgIpc) is 2.63. The average molecular weight is 449 g/mol. The number of carbonyl (C=O) groups is 1. The number of hydrogen-bond acceptors (Lipinski definition) is 1. The van der Waals surface area contributed by atoms with E-state index in [2.05, 4.69) is 12.2 Å². The van der Waals surface area contributed by atoms with Crippen LogP contribution >= 0.6 is 46.4 Å². The lowest BCUT2D eigenvalue weighted by Gasteiger charge is -2.05. The molecule has 1 amide bonds. The van der Waals surface area contributed by atoms with Crippen LogP contribution in [0.1, 0.15) is 50.7 Å². The summed E-state index contributed by atoms with van der Waals surface area (Å²) in [7, 11) is 0. The Morgan fingerprint density at radius 3 is 1.89 bits per heavy atom. The van der Waals surface area contributed by atoms with Gasteiger partial charge in [0.05, 0.1) is 0 Å². The first-order chi connectivity index (χ1) is 12.9. The van der Waals surface area contributed by atoms with Crippen molar-refractivity contribution in [2.24, 2.45) is 0 Å². The Kier molecular flexibility index (Phi) is 11.9. The summed E-state index contributed by atoms with van der Waals surface area (Å²) in [5.41, 5.74) is 2.08. The van der Waals surface area contributed by atoms with E-state index in [-0.39, 0.29) is 5.91 Å². The summed E-state index contributed by atoms with van der Waals surface area (Å²) in [6.45, 7) is 4.45. The molecule has 0 radical (unpaired) electrons. The fraction of sp³-hybridized carbons (Fsp3) is 0.381. The Labute approximate surface area is 182 Å². The smallest absolute Gasteiger partial charge is 0.219 e. The lowest BCUT2D eigenvalue weighted by atomic mass is 10.1. The summed E-state index contributed by atoms with van der Waals surface area (Å²) in [4.78, 5) is 11.0. The number of halogens is 4. The molecule has 0 bridgehead atoms. The molecule has 2 rings (SSSR count). The highest BCUT2D eigenvalue weighted by atomic mass is 35.5.